The number of esters is 1. The summed E-state index contributed by atoms with van der Waals surface area (Å²) in [4.78, 5) is 26.6. The molecule has 1 aromatic rings. The fourth-order valence-corrected chi connectivity index (χ4v) is 3.29. The summed E-state index contributed by atoms with van der Waals surface area (Å²) in [5.74, 6) is -0.694. The Morgan fingerprint density at radius 3 is 2.52 bits per heavy atom. The maximum absolute atomic E-state index is 12.5. The van der Waals surface area contributed by atoms with Crippen LogP contribution in [-0.2, 0) is 14.3 Å². The van der Waals surface area contributed by atoms with Crippen molar-refractivity contribution in [3.8, 4) is 0 Å². The van der Waals surface area contributed by atoms with E-state index >= 15 is 0 Å². The quantitative estimate of drug-likeness (QED) is 0.797. The van der Waals surface area contributed by atoms with Gasteiger partial charge < -0.3 is 19.7 Å². The lowest BCUT2D eigenvalue weighted by molar-refractivity contribution is -0.151. The molecule has 0 bridgehead atoms. The zero-order chi connectivity index (χ0) is 20.0. The van der Waals surface area contributed by atoms with Gasteiger partial charge in [-0.2, -0.15) is 0 Å². The molecule has 1 aromatic carbocycles. The number of hydrogen-bond donors (Lipinski definition) is 1. The Balaban J connectivity index is 2.08. The third-order valence-electron chi connectivity index (χ3n) is 4.62. The lowest BCUT2D eigenvalue weighted by atomic mass is 9.91. The molecule has 1 saturated heterocycles. The van der Waals surface area contributed by atoms with Gasteiger partial charge in [-0.3, -0.25) is 4.79 Å². The van der Waals surface area contributed by atoms with Gasteiger partial charge in [-0.15, -0.1) is 0 Å². The van der Waals surface area contributed by atoms with Gasteiger partial charge in [0.15, 0.2) is 0 Å². The number of likely N-dealkylation sites (tertiary alicyclic amines) is 1. The summed E-state index contributed by atoms with van der Waals surface area (Å²) in [5.41, 5.74) is 0.600. The first-order valence-corrected chi connectivity index (χ1v) is 9.67. The molecule has 1 aliphatic heterocycles. The smallest absolute Gasteiger partial charge is 0.410 e. The molecule has 0 unspecified atom stereocenters. The first kappa shape index (κ1) is 21.2. The SMILES string of the molecule is CCOC(=O)[C@H]1CN(C(=O)OC(C)(C)C)CC[C@H]1N[C@@H](C)c1ccccc1. The summed E-state index contributed by atoms with van der Waals surface area (Å²) >= 11 is 0. The van der Waals surface area contributed by atoms with Gasteiger partial charge in [0, 0.05) is 25.2 Å². The summed E-state index contributed by atoms with van der Waals surface area (Å²) in [7, 11) is 0. The van der Waals surface area contributed by atoms with Gasteiger partial charge >= 0.3 is 12.1 Å². The summed E-state index contributed by atoms with van der Waals surface area (Å²) in [6, 6.07) is 10.2. The molecule has 6 heteroatoms. The second-order valence-corrected chi connectivity index (χ2v) is 7.98. The van der Waals surface area contributed by atoms with E-state index in [0.717, 1.165) is 5.56 Å². The predicted molar refractivity (Wildman–Crippen MR) is 104 cm³/mol. The average Bonchev–Trinajstić information content (AvgIpc) is 2.61. The fraction of sp³-hybridized carbons (Fsp3) is 0.619. The summed E-state index contributed by atoms with van der Waals surface area (Å²) in [6.07, 6.45) is 0.284. The van der Waals surface area contributed by atoms with E-state index in [9.17, 15) is 9.59 Å². The van der Waals surface area contributed by atoms with Gasteiger partial charge in [-0.1, -0.05) is 30.3 Å². The highest BCUT2D eigenvalue weighted by Crippen LogP contribution is 2.24. The van der Waals surface area contributed by atoms with Crippen molar-refractivity contribution in [1.82, 2.24) is 10.2 Å². The summed E-state index contributed by atoms with van der Waals surface area (Å²) in [6.45, 7) is 10.6. The van der Waals surface area contributed by atoms with Crippen molar-refractivity contribution in [2.75, 3.05) is 19.7 Å². The van der Waals surface area contributed by atoms with E-state index in [1.165, 1.54) is 0 Å². The first-order valence-electron chi connectivity index (χ1n) is 9.67. The minimum absolute atomic E-state index is 0.0575. The van der Waals surface area contributed by atoms with E-state index in [0.29, 0.717) is 26.1 Å². The maximum Gasteiger partial charge on any atom is 0.410 e. The molecule has 1 aliphatic rings. The Kier molecular flexibility index (Phi) is 7.25. The zero-order valence-electron chi connectivity index (χ0n) is 17.0. The molecule has 0 spiro atoms. The molecule has 1 N–H and O–H groups in total. The number of amides is 1. The van der Waals surface area contributed by atoms with E-state index in [1.807, 2.05) is 39.0 Å². The van der Waals surface area contributed by atoms with E-state index in [1.54, 1.807) is 11.8 Å². The highest BCUT2D eigenvalue weighted by molar-refractivity contribution is 5.76. The van der Waals surface area contributed by atoms with Crippen molar-refractivity contribution in [1.29, 1.82) is 0 Å². The van der Waals surface area contributed by atoms with Crippen LogP contribution < -0.4 is 5.32 Å². The van der Waals surface area contributed by atoms with E-state index < -0.39 is 11.5 Å². The monoisotopic (exact) mass is 376 g/mol. The number of carbonyl (C=O) groups is 2. The highest BCUT2D eigenvalue weighted by atomic mass is 16.6. The molecule has 0 aromatic heterocycles. The largest absolute Gasteiger partial charge is 0.466 e. The lowest BCUT2D eigenvalue weighted by Crippen LogP contribution is -2.55. The Hall–Kier alpha value is -2.08. The molecule has 1 heterocycles. The van der Waals surface area contributed by atoms with Gasteiger partial charge in [0.05, 0.1) is 12.5 Å². The summed E-state index contributed by atoms with van der Waals surface area (Å²) < 4.78 is 10.7. The van der Waals surface area contributed by atoms with Crippen LogP contribution in [0.5, 0.6) is 0 Å². The number of nitrogens with zero attached hydrogens (tertiary/aromatic N) is 1. The number of ether oxygens (including phenoxy) is 2. The third kappa shape index (κ3) is 6.24. The second kappa shape index (κ2) is 9.22. The average molecular weight is 376 g/mol. The predicted octanol–water partition coefficient (Wildman–Crippen LogP) is 3.53. The van der Waals surface area contributed by atoms with Gasteiger partial charge in [-0.05, 0) is 46.6 Å². The number of piperidine rings is 1. The van der Waals surface area contributed by atoms with Gasteiger partial charge in [0.2, 0.25) is 0 Å². The topological polar surface area (TPSA) is 67.9 Å². The van der Waals surface area contributed by atoms with Crippen LogP contribution >= 0.6 is 0 Å². The van der Waals surface area contributed by atoms with Crippen LogP contribution in [0.4, 0.5) is 4.79 Å². The Morgan fingerprint density at radius 1 is 1.26 bits per heavy atom. The molecular weight excluding hydrogens is 344 g/mol. The van der Waals surface area contributed by atoms with E-state index in [2.05, 4.69) is 24.4 Å². The van der Waals surface area contributed by atoms with Crippen molar-refractivity contribution >= 4 is 12.1 Å². The minimum Gasteiger partial charge on any atom is -0.466 e. The van der Waals surface area contributed by atoms with Crippen molar-refractivity contribution in [2.24, 2.45) is 5.92 Å². The van der Waals surface area contributed by atoms with Crippen LogP contribution in [-0.4, -0.2) is 48.3 Å². The molecular formula is C21H32N2O4. The molecule has 27 heavy (non-hydrogen) atoms. The molecule has 150 valence electrons. The Morgan fingerprint density at radius 2 is 1.93 bits per heavy atom. The number of hydrogen-bond acceptors (Lipinski definition) is 5. The van der Waals surface area contributed by atoms with Crippen molar-refractivity contribution in [2.45, 2.75) is 58.7 Å². The number of carbonyl (C=O) groups excluding carboxylic acids is 2. The second-order valence-electron chi connectivity index (χ2n) is 7.98. The van der Waals surface area contributed by atoms with Gasteiger partial charge in [-0.25, -0.2) is 4.79 Å². The normalized spacial score (nSPS) is 21.4. The van der Waals surface area contributed by atoms with Crippen LogP contribution in [0.3, 0.4) is 0 Å². The van der Waals surface area contributed by atoms with Crippen LogP contribution in [0.1, 0.15) is 52.6 Å². The molecule has 0 saturated carbocycles. The van der Waals surface area contributed by atoms with Crippen molar-refractivity contribution in [3.05, 3.63) is 35.9 Å². The molecule has 0 radical (unpaired) electrons. The fourth-order valence-electron chi connectivity index (χ4n) is 3.29. The van der Waals surface area contributed by atoms with Crippen LogP contribution in [0, 0.1) is 5.92 Å². The number of rotatable bonds is 5. The number of benzene rings is 1. The number of nitrogens with one attached hydrogen (secondary N) is 1. The molecule has 2 rings (SSSR count). The van der Waals surface area contributed by atoms with Crippen molar-refractivity contribution < 1.29 is 19.1 Å². The molecule has 0 aliphatic carbocycles. The van der Waals surface area contributed by atoms with E-state index in [4.69, 9.17) is 9.47 Å². The Bertz CT molecular complexity index is 627. The molecule has 3 atom stereocenters. The lowest BCUT2D eigenvalue weighted by Gasteiger charge is -2.39. The molecule has 1 fully saturated rings. The van der Waals surface area contributed by atoms with Gasteiger partial charge in [0.25, 0.3) is 0 Å². The van der Waals surface area contributed by atoms with E-state index in [-0.39, 0.29) is 24.1 Å². The zero-order valence-corrected chi connectivity index (χ0v) is 17.0. The standard InChI is InChI=1S/C21H32N2O4/c1-6-26-19(24)17-14-23(20(25)27-21(3,4)5)13-12-18(17)22-15(2)16-10-8-7-9-11-16/h7-11,15,17-18,22H,6,12-14H2,1-5H3/t15-,17-,18+/m0/s1. The Labute approximate surface area is 162 Å². The minimum atomic E-state index is -0.562. The molecule has 6 nitrogen and oxygen atoms in total. The third-order valence-corrected chi connectivity index (χ3v) is 4.62. The maximum atomic E-state index is 12.5. The highest BCUT2D eigenvalue weighted by Gasteiger charge is 2.38. The van der Waals surface area contributed by atoms with Crippen molar-refractivity contribution in [3.63, 3.8) is 0 Å². The summed E-state index contributed by atoms with van der Waals surface area (Å²) in [5, 5.41) is 3.55. The van der Waals surface area contributed by atoms with Crippen LogP contribution in [0.15, 0.2) is 30.3 Å². The first-order chi connectivity index (χ1) is 12.7. The van der Waals surface area contributed by atoms with Crippen LogP contribution in [0.2, 0.25) is 0 Å². The molecule has 1 amide bonds. The van der Waals surface area contributed by atoms with Crippen LogP contribution in [0.25, 0.3) is 0 Å². The van der Waals surface area contributed by atoms with Gasteiger partial charge in [0.1, 0.15) is 5.60 Å².